The molecule has 1 saturated heterocycles. The summed E-state index contributed by atoms with van der Waals surface area (Å²) in [6, 6.07) is 3.62. The Balaban J connectivity index is 2.42. The van der Waals surface area contributed by atoms with Crippen LogP contribution in [0, 0.1) is 18.3 Å². The van der Waals surface area contributed by atoms with Crippen molar-refractivity contribution in [3.05, 3.63) is 17.2 Å². The van der Waals surface area contributed by atoms with Gasteiger partial charge in [0.25, 0.3) is 8.32 Å². The maximum Gasteiger partial charge on any atom is 0.250 e. The number of morpholine rings is 1. The molecule has 0 bridgehead atoms. The molecule has 8 heteroatoms. The van der Waals surface area contributed by atoms with E-state index in [1.54, 1.807) is 14.2 Å². The number of rotatable bonds is 8. The largest absolute Gasteiger partial charge is 0.541 e. The molecule has 0 aliphatic carbocycles. The van der Waals surface area contributed by atoms with Gasteiger partial charge in [0.05, 0.1) is 33.5 Å². The number of nitriles is 1. The van der Waals surface area contributed by atoms with Crippen LogP contribution < -0.4 is 19.6 Å². The Hall–Kier alpha value is -1.79. The minimum absolute atomic E-state index is 0.0463. The Labute approximate surface area is 188 Å². The molecular weight excluding hydrogens is 410 g/mol. The zero-order valence-corrected chi connectivity index (χ0v) is 21.4. The fourth-order valence-corrected chi connectivity index (χ4v) is 4.69. The van der Waals surface area contributed by atoms with Crippen LogP contribution >= 0.6 is 0 Å². The minimum Gasteiger partial charge on any atom is -0.541 e. The molecule has 1 unspecified atom stereocenters. The maximum atomic E-state index is 9.80. The number of nitrogens with zero attached hydrogens (tertiary/aromatic N) is 2. The Bertz CT molecular complexity index is 795. The highest BCUT2D eigenvalue weighted by Crippen LogP contribution is 2.44. The van der Waals surface area contributed by atoms with Gasteiger partial charge >= 0.3 is 0 Å². The second-order valence-corrected chi connectivity index (χ2v) is 14.4. The van der Waals surface area contributed by atoms with E-state index in [4.69, 9.17) is 24.4 Å². The third-order valence-corrected chi connectivity index (χ3v) is 10.9. The van der Waals surface area contributed by atoms with Crippen LogP contribution in [0.25, 0.3) is 0 Å². The van der Waals surface area contributed by atoms with Crippen LogP contribution in [-0.2, 0) is 11.2 Å². The molecule has 31 heavy (non-hydrogen) atoms. The van der Waals surface area contributed by atoms with Crippen molar-refractivity contribution in [1.82, 2.24) is 4.90 Å². The molecule has 2 rings (SSSR count). The summed E-state index contributed by atoms with van der Waals surface area (Å²) in [5, 5.41) is 9.85. The third-order valence-electron chi connectivity index (χ3n) is 6.51. The van der Waals surface area contributed by atoms with Crippen LogP contribution in [0.1, 0.15) is 31.9 Å². The third kappa shape index (κ3) is 5.72. The molecule has 174 valence electrons. The molecule has 0 radical (unpaired) electrons. The first kappa shape index (κ1) is 25.5. The molecule has 0 aromatic heterocycles. The Morgan fingerprint density at radius 1 is 1.19 bits per heavy atom. The minimum atomic E-state index is -2.09. The highest BCUT2D eigenvalue weighted by Gasteiger charge is 2.40. The Morgan fingerprint density at radius 3 is 2.26 bits per heavy atom. The van der Waals surface area contributed by atoms with Gasteiger partial charge in [0.1, 0.15) is 17.5 Å². The lowest BCUT2D eigenvalue weighted by Gasteiger charge is -2.37. The first-order valence-electron chi connectivity index (χ1n) is 10.9. The second-order valence-electron chi connectivity index (χ2n) is 9.68. The van der Waals surface area contributed by atoms with Crippen molar-refractivity contribution in [2.45, 2.75) is 64.3 Å². The van der Waals surface area contributed by atoms with E-state index in [2.05, 4.69) is 44.8 Å². The van der Waals surface area contributed by atoms with E-state index in [-0.39, 0.29) is 17.1 Å². The molecule has 2 atom stereocenters. The van der Waals surface area contributed by atoms with Crippen LogP contribution in [0.3, 0.4) is 0 Å². The maximum absolute atomic E-state index is 9.80. The van der Waals surface area contributed by atoms with Gasteiger partial charge in [-0.1, -0.05) is 20.8 Å². The average molecular weight is 450 g/mol. The van der Waals surface area contributed by atoms with Gasteiger partial charge in [0.2, 0.25) is 0 Å². The van der Waals surface area contributed by atoms with Gasteiger partial charge in [-0.05, 0) is 43.1 Å². The van der Waals surface area contributed by atoms with Gasteiger partial charge in [-0.3, -0.25) is 4.90 Å². The highest BCUT2D eigenvalue weighted by molar-refractivity contribution is 6.74. The van der Waals surface area contributed by atoms with Crippen LogP contribution in [0.4, 0.5) is 0 Å². The number of methoxy groups -OCH3 is 2. The van der Waals surface area contributed by atoms with Gasteiger partial charge in [0, 0.05) is 24.7 Å². The van der Waals surface area contributed by atoms with E-state index >= 15 is 0 Å². The van der Waals surface area contributed by atoms with E-state index in [9.17, 15) is 5.26 Å². The molecule has 0 saturated carbocycles. The Kier molecular flexibility index (Phi) is 8.39. The van der Waals surface area contributed by atoms with E-state index in [1.807, 2.05) is 13.0 Å². The molecule has 0 amide bonds. The lowest BCUT2D eigenvalue weighted by molar-refractivity contribution is 0.0226. The lowest BCUT2D eigenvalue weighted by atomic mass is 9.96. The standard InChI is InChI=1S/C23H39N3O4Si/c1-16-21(27-5)17(13-18(25)19(15-24)26-9-11-29-12-10-26)14-20(22(16)28-6)30-31(7,8)23(2,3)4/h14,18-19H,9-13,25H2,1-8H3/t18-,19?/m0/s1. The van der Waals surface area contributed by atoms with Crippen LogP contribution in [-0.4, -0.2) is 65.8 Å². The molecule has 2 N–H and O–H groups in total. The molecule has 1 fully saturated rings. The molecule has 1 aliphatic rings. The van der Waals surface area contributed by atoms with Gasteiger partial charge < -0.3 is 24.4 Å². The van der Waals surface area contributed by atoms with Gasteiger partial charge in [-0.25, -0.2) is 0 Å². The summed E-state index contributed by atoms with van der Waals surface area (Å²) in [7, 11) is 1.21. The van der Waals surface area contributed by atoms with E-state index in [0.717, 1.165) is 22.6 Å². The molecule has 1 aliphatic heterocycles. The molecular formula is C23H39N3O4Si. The summed E-state index contributed by atoms with van der Waals surface area (Å²) in [6.45, 7) is 15.7. The predicted molar refractivity (Wildman–Crippen MR) is 126 cm³/mol. The lowest BCUT2D eigenvalue weighted by Crippen LogP contribution is -2.52. The molecule has 1 aromatic carbocycles. The zero-order chi connectivity index (χ0) is 23.4. The topological polar surface area (TPSA) is 90.0 Å². The molecule has 7 nitrogen and oxygen atoms in total. The fraction of sp³-hybridized carbons (Fsp3) is 0.696. The van der Waals surface area contributed by atoms with Crippen molar-refractivity contribution in [3.8, 4) is 23.3 Å². The van der Waals surface area contributed by atoms with Crippen LogP contribution in [0.2, 0.25) is 18.1 Å². The first-order chi connectivity index (χ1) is 14.5. The number of ether oxygens (including phenoxy) is 3. The van der Waals surface area contributed by atoms with Gasteiger partial charge in [-0.2, -0.15) is 5.26 Å². The molecule has 0 spiro atoms. The number of nitrogens with two attached hydrogens (primary N) is 1. The number of hydrogen-bond donors (Lipinski definition) is 1. The average Bonchev–Trinajstić information content (AvgIpc) is 2.68. The zero-order valence-electron chi connectivity index (χ0n) is 20.4. The Morgan fingerprint density at radius 2 is 1.77 bits per heavy atom. The van der Waals surface area contributed by atoms with E-state index < -0.39 is 8.32 Å². The predicted octanol–water partition coefficient (Wildman–Crippen LogP) is 3.49. The SMILES string of the molecule is COc1c(C[C@H](N)C(C#N)N2CCOCC2)cc(O[Si](C)(C)C(C)(C)C)c(OC)c1C. The van der Waals surface area contributed by atoms with E-state index in [1.165, 1.54) is 0 Å². The van der Waals surface area contributed by atoms with Crippen molar-refractivity contribution >= 4 is 8.32 Å². The van der Waals surface area contributed by atoms with Crippen molar-refractivity contribution < 1.29 is 18.6 Å². The number of hydrogen-bond acceptors (Lipinski definition) is 7. The number of benzene rings is 1. The summed E-state index contributed by atoms with van der Waals surface area (Å²) in [4.78, 5) is 2.10. The molecule has 1 heterocycles. The van der Waals surface area contributed by atoms with Gasteiger partial charge in [-0.15, -0.1) is 0 Å². The molecule has 1 aromatic rings. The summed E-state index contributed by atoms with van der Waals surface area (Å²) in [5.41, 5.74) is 8.36. The van der Waals surface area contributed by atoms with Crippen molar-refractivity contribution in [3.63, 3.8) is 0 Å². The summed E-state index contributed by atoms with van der Waals surface area (Å²) in [5.74, 6) is 2.13. The van der Waals surface area contributed by atoms with Crippen molar-refractivity contribution in [2.75, 3.05) is 40.5 Å². The summed E-state index contributed by atoms with van der Waals surface area (Å²) >= 11 is 0. The van der Waals surface area contributed by atoms with Gasteiger partial charge in [0.15, 0.2) is 5.75 Å². The highest BCUT2D eigenvalue weighted by atomic mass is 28.4. The normalized spacial score (nSPS) is 17.5. The quantitative estimate of drug-likeness (QED) is 0.608. The van der Waals surface area contributed by atoms with E-state index in [0.29, 0.717) is 38.5 Å². The van der Waals surface area contributed by atoms with Crippen molar-refractivity contribution in [1.29, 1.82) is 5.26 Å². The van der Waals surface area contributed by atoms with Crippen LogP contribution in [0.15, 0.2) is 6.07 Å². The monoisotopic (exact) mass is 449 g/mol. The first-order valence-corrected chi connectivity index (χ1v) is 13.8. The fourth-order valence-electron chi connectivity index (χ4n) is 3.68. The smallest absolute Gasteiger partial charge is 0.250 e. The van der Waals surface area contributed by atoms with Crippen molar-refractivity contribution in [2.24, 2.45) is 5.73 Å². The second kappa shape index (κ2) is 10.2. The summed E-state index contributed by atoms with van der Waals surface area (Å²) < 4.78 is 23.5. The summed E-state index contributed by atoms with van der Waals surface area (Å²) in [6.07, 6.45) is 0.497. The van der Waals surface area contributed by atoms with Crippen LogP contribution in [0.5, 0.6) is 17.2 Å².